The van der Waals surface area contributed by atoms with E-state index in [1.165, 1.54) is 0 Å². The predicted molar refractivity (Wildman–Crippen MR) is 63.8 cm³/mol. The Labute approximate surface area is 97.5 Å². The van der Waals surface area contributed by atoms with E-state index >= 15 is 0 Å². The fraction of sp³-hybridized carbons (Fsp3) is 1.00. The Balaban J connectivity index is 2.36. The smallest absolute Gasteiger partial charge is 0.150 e. The van der Waals surface area contributed by atoms with E-state index in [9.17, 15) is 12.8 Å². The average molecular weight is 251 g/mol. The minimum atomic E-state index is -2.96. The third-order valence-electron chi connectivity index (χ3n) is 3.35. The van der Waals surface area contributed by atoms with Gasteiger partial charge in [-0.25, -0.2) is 12.8 Å². The van der Waals surface area contributed by atoms with Gasteiger partial charge in [0.25, 0.3) is 0 Å². The molecule has 0 saturated heterocycles. The maximum absolute atomic E-state index is 14.2. The monoisotopic (exact) mass is 251 g/mol. The Morgan fingerprint density at radius 2 is 2.19 bits per heavy atom. The van der Waals surface area contributed by atoms with Crippen molar-refractivity contribution in [3.63, 3.8) is 0 Å². The van der Waals surface area contributed by atoms with Gasteiger partial charge in [-0.2, -0.15) is 0 Å². The molecule has 2 N–H and O–H groups in total. The average Bonchev–Trinajstić information content (AvgIpc) is 2.16. The topological polar surface area (TPSA) is 60.2 Å². The lowest BCUT2D eigenvalue weighted by atomic mass is 9.81. The highest BCUT2D eigenvalue weighted by atomic mass is 32.2. The van der Waals surface area contributed by atoms with Crippen molar-refractivity contribution in [3.8, 4) is 0 Å². The first-order valence-corrected chi connectivity index (χ1v) is 7.84. The summed E-state index contributed by atoms with van der Waals surface area (Å²) in [7, 11) is -2.96. The van der Waals surface area contributed by atoms with Crippen LogP contribution in [0.25, 0.3) is 0 Å². The second-order valence-corrected chi connectivity index (χ2v) is 7.32. The number of sulfone groups is 1. The maximum atomic E-state index is 14.2. The molecule has 2 unspecified atom stereocenters. The molecule has 96 valence electrons. The first-order chi connectivity index (χ1) is 7.37. The fourth-order valence-corrected chi connectivity index (χ4v) is 3.21. The van der Waals surface area contributed by atoms with Crippen molar-refractivity contribution in [2.24, 2.45) is 5.73 Å². The fourth-order valence-electron chi connectivity index (χ4n) is 2.34. The van der Waals surface area contributed by atoms with Crippen LogP contribution >= 0.6 is 0 Å². The lowest BCUT2D eigenvalue weighted by molar-refractivity contribution is 0.0856. The van der Waals surface area contributed by atoms with Crippen molar-refractivity contribution in [2.45, 2.75) is 57.2 Å². The second kappa shape index (κ2) is 5.45. The van der Waals surface area contributed by atoms with Crippen LogP contribution in [0.4, 0.5) is 4.39 Å². The minimum absolute atomic E-state index is 0.0541. The Bertz CT molecular complexity index is 318. The van der Waals surface area contributed by atoms with Crippen LogP contribution in [0.2, 0.25) is 0 Å². The SMILES string of the molecule is CCS(=O)(=O)CCCC1(F)CCCC(N)C1. The summed E-state index contributed by atoms with van der Waals surface area (Å²) in [5.41, 5.74) is 4.51. The van der Waals surface area contributed by atoms with Crippen molar-refractivity contribution in [1.29, 1.82) is 0 Å². The molecule has 3 nitrogen and oxygen atoms in total. The Morgan fingerprint density at radius 3 is 2.75 bits per heavy atom. The summed E-state index contributed by atoms with van der Waals surface area (Å²) in [6, 6.07) is -0.0541. The molecule has 1 aliphatic rings. The molecule has 0 bridgehead atoms. The van der Waals surface area contributed by atoms with Crippen LogP contribution in [0, 0.1) is 0 Å². The first kappa shape index (κ1) is 13.9. The molecule has 0 heterocycles. The molecule has 0 aromatic heterocycles. The molecule has 1 rings (SSSR count). The van der Waals surface area contributed by atoms with Gasteiger partial charge in [-0.15, -0.1) is 0 Å². The van der Waals surface area contributed by atoms with Gasteiger partial charge in [-0.05, 0) is 38.5 Å². The molecule has 1 saturated carbocycles. The molecule has 0 spiro atoms. The summed E-state index contributed by atoms with van der Waals surface area (Å²) >= 11 is 0. The number of nitrogens with two attached hydrogens (primary N) is 1. The molecule has 1 aliphatic carbocycles. The minimum Gasteiger partial charge on any atom is -0.328 e. The molecular formula is C11H22FNO2S. The maximum Gasteiger partial charge on any atom is 0.150 e. The van der Waals surface area contributed by atoms with E-state index < -0.39 is 15.5 Å². The first-order valence-electron chi connectivity index (χ1n) is 6.02. The Hall–Kier alpha value is -0.160. The van der Waals surface area contributed by atoms with E-state index in [1.807, 2.05) is 0 Å². The summed E-state index contributed by atoms with van der Waals surface area (Å²) in [4.78, 5) is 0. The molecule has 0 radical (unpaired) electrons. The third kappa shape index (κ3) is 4.37. The number of hydrogen-bond acceptors (Lipinski definition) is 3. The van der Waals surface area contributed by atoms with Crippen LogP contribution in [-0.2, 0) is 9.84 Å². The zero-order valence-electron chi connectivity index (χ0n) is 9.91. The summed E-state index contributed by atoms with van der Waals surface area (Å²) in [6.45, 7) is 1.62. The molecule has 5 heteroatoms. The van der Waals surface area contributed by atoms with Crippen molar-refractivity contribution >= 4 is 9.84 Å². The van der Waals surface area contributed by atoms with Crippen LogP contribution in [0.1, 0.15) is 45.4 Å². The summed E-state index contributed by atoms with van der Waals surface area (Å²) in [5.74, 6) is 0.246. The van der Waals surface area contributed by atoms with Crippen molar-refractivity contribution in [3.05, 3.63) is 0 Å². The molecule has 1 fully saturated rings. The lowest BCUT2D eigenvalue weighted by Crippen LogP contribution is -2.38. The molecule has 0 aromatic carbocycles. The van der Waals surface area contributed by atoms with Crippen molar-refractivity contribution < 1.29 is 12.8 Å². The van der Waals surface area contributed by atoms with Crippen molar-refractivity contribution in [2.75, 3.05) is 11.5 Å². The normalized spacial score (nSPS) is 31.6. The van der Waals surface area contributed by atoms with Gasteiger partial charge in [0.15, 0.2) is 0 Å². The Morgan fingerprint density at radius 1 is 1.50 bits per heavy atom. The zero-order chi connectivity index (χ0) is 12.2. The molecule has 16 heavy (non-hydrogen) atoms. The lowest BCUT2D eigenvalue weighted by Gasteiger charge is -2.33. The van der Waals surface area contributed by atoms with Gasteiger partial charge < -0.3 is 5.73 Å². The van der Waals surface area contributed by atoms with Gasteiger partial charge in [-0.1, -0.05) is 6.92 Å². The molecule has 0 amide bonds. The number of halogens is 1. The van der Waals surface area contributed by atoms with Gasteiger partial charge in [0.05, 0.1) is 5.75 Å². The second-order valence-electron chi connectivity index (χ2n) is 4.85. The highest BCUT2D eigenvalue weighted by Gasteiger charge is 2.34. The number of rotatable bonds is 5. The van der Waals surface area contributed by atoms with Crippen LogP contribution in [0.15, 0.2) is 0 Å². The summed E-state index contributed by atoms with van der Waals surface area (Å²) in [5, 5.41) is 0. The summed E-state index contributed by atoms with van der Waals surface area (Å²) in [6.07, 6.45) is 3.38. The van der Waals surface area contributed by atoms with E-state index in [0.29, 0.717) is 25.7 Å². The Kier molecular flexibility index (Phi) is 4.73. The quantitative estimate of drug-likeness (QED) is 0.810. The van der Waals surface area contributed by atoms with Crippen LogP contribution in [0.3, 0.4) is 0 Å². The van der Waals surface area contributed by atoms with E-state index in [0.717, 1.165) is 12.8 Å². The number of hydrogen-bond donors (Lipinski definition) is 1. The number of alkyl halides is 1. The van der Waals surface area contributed by atoms with Crippen molar-refractivity contribution in [1.82, 2.24) is 0 Å². The highest BCUT2D eigenvalue weighted by Crippen LogP contribution is 2.35. The molecule has 0 aromatic rings. The van der Waals surface area contributed by atoms with E-state index in [-0.39, 0.29) is 17.5 Å². The van der Waals surface area contributed by atoms with E-state index in [4.69, 9.17) is 5.73 Å². The van der Waals surface area contributed by atoms with Gasteiger partial charge >= 0.3 is 0 Å². The summed E-state index contributed by atoms with van der Waals surface area (Å²) < 4.78 is 36.8. The predicted octanol–water partition coefficient (Wildman–Crippen LogP) is 1.81. The zero-order valence-corrected chi connectivity index (χ0v) is 10.7. The van der Waals surface area contributed by atoms with Crippen LogP contribution < -0.4 is 5.73 Å². The van der Waals surface area contributed by atoms with Crippen LogP contribution in [-0.4, -0.2) is 31.6 Å². The molecular weight excluding hydrogens is 229 g/mol. The van der Waals surface area contributed by atoms with Gasteiger partial charge in [0, 0.05) is 11.8 Å². The van der Waals surface area contributed by atoms with E-state index in [1.54, 1.807) is 6.92 Å². The highest BCUT2D eigenvalue weighted by molar-refractivity contribution is 7.91. The van der Waals surface area contributed by atoms with Gasteiger partial charge in [0.1, 0.15) is 15.5 Å². The molecule has 2 atom stereocenters. The molecule has 0 aliphatic heterocycles. The van der Waals surface area contributed by atoms with Crippen LogP contribution in [0.5, 0.6) is 0 Å². The third-order valence-corrected chi connectivity index (χ3v) is 5.14. The van der Waals surface area contributed by atoms with Gasteiger partial charge in [-0.3, -0.25) is 0 Å². The van der Waals surface area contributed by atoms with E-state index in [2.05, 4.69) is 0 Å². The van der Waals surface area contributed by atoms with Gasteiger partial charge in [0.2, 0.25) is 0 Å². The largest absolute Gasteiger partial charge is 0.328 e. The standard InChI is InChI=1S/C11H22FNO2S/c1-2-16(14,15)8-4-7-11(12)6-3-5-10(13)9-11/h10H,2-9,13H2,1H3.